The molecule has 21 heavy (non-hydrogen) atoms. The van der Waals surface area contributed by atoms with Gasteiger partial charge in [0.25, 0.3) is 17.3 Å². The highest BCUT2D eigenvalue weighted by atomic mass is 35.5. The van der Waals surface area contributed by atoms with Crippen LogP contribution in [0, 0.1) is 20.2 Å². The Balaban J connectivity index is 2.48. The van der Waals surface area contributed by atoms with Crippen molar-refractivity contribution in [3.63, 3.8) is 0 Å². The molecular formula is C12H12ClN3O5. The average molecular weight is 314 g/mol. The summed E-state index contributed by atoms with van der Waals surface area (Å²) in [4.78, 5) is 34.0. The molecular weight excluding hydrogens is 302 g/mol. The van der Waals surface area contributed by atoms with E-state index in [4.69, 9.17) is 11.6 Å². The summed E-state index contributed by atoms with van der Waals surface area (Å²) in [7, 11) is 0. The molecule has 0 unspecified atom stereocenters. The molecule has 0 aliphatic carbocycles. The van der Waals surface area contributed by atoms with Crippen LogP contribution in [-0.2, 0) is 0 Å². The molecule has 8 nitrogen and oxygen atoms in total. The fourth-order valence-electron chi connectivity index (χ4n) is 2.26. The molecule has 1 fully saturated rings. The first-order valence-corrected chi connectivity index (χ1v) is 6.71. The number of rotatable bonds is 3. The van der Waals surface area contributed by atoms with Crippen LogP contribution in [0.3, 0.4) is 0 Å². The maximum Gasteiger partial charge on any atom is 0.295 e. The number of hydrogen-bond donors (Lipinski definition) is 0. The molecule has 1 aliphatic rings. The third-order valence-electron chi connectivity index (χ3n) is 3.32. The standard InChI is InChI=1S/C12H12ClN3O5/c13-11-9(12(17)14-4-2-1-3-5-14)6-8(15(18)19)7-10(11)16(20)21/h6-7H,1-5H2. The van der Waals surface area contributed by atoms with Crippen molar-refractivity contribution in [3.05, 3.63) is 42.9 Å². The van der Waals surface area contributed by atoms with E-state index in [-0.39, 0.29) is 10.6 Å². The maximum atomic E-state index is 12.4. The number of nitro benzene ring substituents is 2. The minimum atomic E-state index is -0.831. The second-order valence-electron chi connectivity index (χ2n) is 4.69. The van der Waals surface area contributed by atoms with Crippen LogP contribution in [0.15, 0.2) is 12.1 Å². The van der Waals surface area contributed by atoms with Crippen LogP contribution in [0.1, 0.15) is 29.6 Å². The molecule has 1 aromatic rings. The summed E-state index contributed by atoms with van der Waals surface area (Å²) >= 11 is 5.88. The van der Waals surface area contributed by atoms with E-state index in [9.17, 15) is 25.0 Å². The molecule has 0 atom stereocenters. The predicted molar refractivity (Wildman–Crippen MR) is 74.5 cm³/mol. The van der Waals surface area contributed by atoms with Crippen molar-refractivity contribution in [2.45, 2.75) is 19.3 Å². The lowest BCUT2D eigenvalue weighted by atomic mass is 10.1. The smallest absolute Gasteiger partial charge is 0.295 e. The predicted octanol–water partition coefficient (Wildman–Crippen LogP) is 2.78. The van der Waals surface area contributed by atoms with E-state index in [0.717, 1.165) is 31.4 Å². The van der Waals surface area contributed by atoms with E-state index in [1.165, 1.54) is 4.90 Å². The Hall–Kier alpha value is -2.22. The summed E-state index contributed by atoms with van der Waals surface area (Å²) in [5.41, 5.74) is -1.35. The first-order valence-electron chi connectivity index (χ1n) is 6.33. The van der Waals surface area contributed by atoms with Gasteiger partial charge in [-0.05, 0) is 19.3 Å². The summed E-state index contributed by atoms with van der Waals surface area (Å²) in [6.45, 7) is 1.04. The highest BCUT2D eigenvalue weighted by molar-refractivity contribution is 6.36. The zero-order valence-electron chi connectivity index (χ0n) is 11.0. The van der Waals surface area contributed by atoms with Crippen molar-refractivity contribution < 1.29 is 14.6 Å². The van der Waals surface area contributed by atoms with E-state index in [2.05, 4.69) is 0 Å². The summed E-state index contributed by atoms with van der Waals surface area (Å²) in [6, 6.07) is 1.75. The van der Waals surface area contributed by atoms with Crippen molar-refractivity contribution in [1.82, 2.24) is 4.90 Å². The fourth-order valence-corrected chi connectivity index (χ4v) is 2.51. The molecule has 0 N–H and O–H groups in total. The molecule has 112 valence electrons. The SMILES string of the molecule is O=C(c1cc([N+](=O)[O-])cc([N+](=O)[O-])c1Cl)N1CCCCC1. The molecule has 0 aromatic heterocycles. The van der Waals surface area contributed by atoms with E-state index >= 15 is 0 Å². The molecule has 1 aliphatic heterocycles. The van der Waals surface area contributed by atoms with Crippen molar-refractivity contribution in [1.29, 1.82) is 0 Å². The Kier molecular flexibility index (Phi) is 4.37. The van der Waals surface area contributed by atoms with Crippen LogP contribution in [0.2, 0.25) is 5.02 Å². The molecule has 0 bridgehead atoms. The van der Waals surface area contributed by atoms with Gasteiger partial charge in [0.15, 0.2) is 0 Å². The maximum absolute atomic E-state index is 12.4. The van der Waals surface area contributed by atoms with Gasteiger partial charge in [-0.2, -0.15) is 0 Å². The second-order valence-corrected chi connectivity index (χ2v) is 5.07. The number of non-ortho nitro benzene ring substituents is 1. The third-order valence-corrected chi connectivity index (χ3v) is 3.72. The molecule has 0 radical (unpaired) electrons. The van der Waals surface area contributed by atoms with Crippen LogP contribution in [-0.4, -0.2) is 33.7 Å². The third kappa shape index (κ3) is 3.10. The van der Waals surface area contributed by atoms with Gasteiger partial charge in [0.2, 0.25) is 0 Å². The zero-order valence-corrected chi connectivity index (χ0v) is 11.7. The summed E-state index contributed by atoms with van der Waals surface area (Å²) in [6.07, 6.45) is 2.67. The first-order chi connectivity index (χ1) is 9.91. The number of nitro groups is 2. The number of hydrogen-bond acceptors (Lipinski definition) is 5. The van der Waals surface area contributed by atoms with Gasteiger partial charge in [-0.15, -0.1) is 0 Å². The molecule has 9 heteroatoms. The number of halogens is 1. The van der Waals surface area contributed by atoms with Crippen molar-refractivity contribution >= 4 is 28.9 Å². The molecule has 1 aromatic carbocycles. The number of carbonyl (C=O) groups excluding carboxylic acids is 1. The second kappa shape index (κ2) is 6.04. The van der Waals surface area contributed by atoms with E-state index in [1.807, 2.05) is 0 Å². The summed E-state index contributed by atoms with van der Waals surface area (Å²) < 4.78 is 0. The van der Waals surface area contributed by atoms with Crippen LogP contribution < -0.4 is 0 Å². The highest BCUT2D eigenvalue weighted by Crippen LogP contribution is 2.33. The largest absolute Gasteiger partial charge is 0.339 e. The van der Waals surface area contributed by atoms with Gasteiger partial charge < -0.3 is 4.90 Å². The Morgan fingerprint density at radius 2 is 1.71 bits per heavy atom. The number of nitrogens with zero attached hydrogens (tertiary/aromatic N) is 3. The molecule has 1 heterocycles. The Morgan fingerprint density at radius 3 is 2.24 bits per heavy atom. The number of benzene rings is 1. The van der Waals surface area contributed by atoms with Crippen molar-refractivity contribution in [2.75, 3.05) is 13.1 Å². The van der Waals surface area contributed by atoms with Gasteiger partial charge in [-0.1, -0.05) is 11.6 Å². The Labute approximate surface area is 124 Å². The molecule has 1 saturated heterocycles. The Bertz CT molecular complexity index is 613. The number of likely N-dealkylation sites (tertiary alicyclic amines) is 1. The minimum Gasteiger partial charge on any atom is -0.339 e. The number of carbonyl (C=O) groups is 1. The van der Waals surface area contributed by atoms with Crippen molar-refractivity contribution in [3.8, 4) is 0 Å². The van der Waals surface area contributed by atoms with Gasteiger partial charge >= 0.3 is 0 Å². The van der Waals surface area contributed by atoms with Crippen LogP contribution in [0.4, 0.5) is 11.4 Å². The van der Waals surface area contributed by atoms with Crippen molar-refractivity contribution in [2.24, 2.45) is 0 Å². The zero-order chi connectivity index (χ0) is 15.6. The monoisotopic (exact) mass is 313 g/mol. The summed E-state index contributed by atoms with van der Waals surface area (Å²) in [5, 5.41) is 21.4. The van der Waals surface area contributed by atoms with Crippen LogP contribution in [0.25, 0.3) is 0 Å². The van der Waals surface area contributed by atoms with E-state index in [1.54, 1.807) is 0 Å². The van der Waals surface area contributed by atoms with Gasteiger partial charge in [-0.3, -0.25) is 25.0 Å². The molecule has 0 spiro atoms. The Morgan fingerprint density at radius 1 is 1.10 bits per heavy atom. The molecule has 1 amide bonds. The van der Waals surface area contributed by atoms with Gasteiger partial charge in [-0.25, -0.2) is 0 Å². The fraction of sp³-hybridized carbons (Fsp3) is 0.417. The summed E-state index contributed by atoms with van der Waals surface area (Å²) in [5.74, 6) is -0.508. The highest BCUT2D eigenvalue weighted by Gasteiger charge is 2.29. The normalized spacial score (nSPS) is 14.8. The first kappa shape index (κ1) is 15.2. The topological polar surface area (TPSA) is 107 Å². The van der Waals surface area contributed by atoms with E-state index < -0.39 is 27.1 Å². The lowest BCUT2D eigenvalue weighted by Crippen LogP contribution is -2.35. The average Bonchev–Trinajstić information content (AvgIpc) is 2.47. The van der Waals surface area contributed by atoms with Crippen LogP contribution in [0.5, 0.6) is 0 Å². The number of piperidine rings is 1. The lowest BCUT2D eigenvalue weighted by Gasteiger charge is -2.26. The van der Waals surface area contributed by atoms with Crippen LogP contribution >= 0.6 is 11.6 Å². The quantitative estimate of drug-likeness (QED) is 0.630. The van der Waals surface area contributed by atoms with Gasteiger partial charge in [0.1, 0.15) is 5.02 Å². The van der Waals surface area contributed by atoms with Gasteiger partial charge in [0, 0.05) is 19.2 Å². The minimum absolute atomic E-state index is 0.195. The van der Waals surface area contributed by atoms with E-state index in [0.29, 0.717) is 13.1 Å². The molecule has 2 rings (SSSR count). The molecule has 0 saturated carbocycles. The lowest BCUT2D eigenvalue weighted by molar-refractivity contribution is -0.394. The van der Waals surface area contributed by atoms with Gasteiger partial charge in [0.05, 0.1) is 21.5 Å². The number of amides is 1.